The molecule has 154 valence electrons. The number of aromatic nitrogens is 7. The van der Waals surface area contributed by atoms with Crippen molar-refractivity contribution in [1.82, 2.24) is 35.0 Å². The summed E-state index contributed by atoms with van der Waals surface area (Å²) in [7, 11) is 0. The van der Waals surface area contributed by atoms with Gasteiger partial charge in [0.2, 0.25) is 0 Å². The second-order valence-electron chi connectivity index (χ2n) is 7.38. The van der Waals surface area contributed by atoms with Crippen molar-refractivity contribution in [2.24, 2.45) is 0 Å². The SMILES string of the molecule is CC(C)(O)Cn1cc(-c2cnc(N)c(-c3nnnn3-c3cccc(F)c3F)c2)cn1. The van der Waals surface area contributed by atoms with Crippen LogP contribution in [-0.2, 0) is 6.54 Å². The van der Waals surface area contributed by atoms with Gasteiger partial charge in [-0.25, -0.2) is 13.8 Å². The van der Waals surface area contributed by atoms with E-state index in [4.69, 9.17) is 5.73 Å². The molecule has 1 aromatic carbocycles. The Morgan fingerprint density at radius 3 is 2.73 bits per heavy atom. The molecule has 30 heavy (non-hydrogen) atoms. The van der Waals surface area contributed by atoms with Crippen LogP contribution in [0.2, 0.25) is 0 Å². The number of nitrogens with two attached hydrogens (primary N) is 1. The molecule has 0 aliphatic carbocycles. The van der Waals surface area contributed by atoms with Gasteiger partial charge in [-0.05, 0) is 42.5 Å². The molecule has 0 fully saturated rings. The summed E-state index contributed by atoms with van der Waals surface area (Å²) in [4.78, 5) is 4.18. The number of benzene rings is 1. The summed E-state index contributed by atoms with van der Waals surface area (Å²) in [5.74, 6) is -1.87. The average Bonchev–Trinajstić information content (AvgIpc) is 3.33. The van der Waals surface area contributed by atoms with Crippen LogP contribution in [-0.4, -0.2) is 45.7 Å². The van der Waals surface area contributed by atoms with E-state index >= 15 is 0 Å². The maximum atomic E-state index is 14.3. The molecular formula is C19H18F2N8O. The van der Waals surface area contributed by atoms with Crippen molar-refractivity contribution in [2.75, 3.05) is 5.73 Å². The van der Waals surface area contributed by atoms with Gasteiger partial charge >= 0.3 is 0 Å². The largest absolute Gasteiger partial charge is 0.389 e. The van der Waals surface area contributed by atoms with E-state index in [9.17, 15) is 13.9 Å². The number of anilines is 1. The number of hydrogen-bond donors (Lipinski definition) is 2. The maximum Gasteiger partial charge on any atom is 0.190 e. The van der Waals surface area contributed by atoms with Crippen molar-refractivity contribution in [2.45, 2.75) is 26.0 Å². The van der Waals surface area contributed by atoms with E-state index in [0.717, 1.165) is 16.3 Å². The average molecular weight is 412 g/mol. The van der Waals surface area contributed by atoms with Crippen LogP contribution in [0.4, 0.5) is 14.6 Å². The Kier molecular flexibility index (Phi) is 4.74. The number of pyridine rings is 1. The molecule has 4 rings (SSSR count). The first-order chi connectivity index (χ1) is 14.2. The molecular weight excluding hydrogens is 394 g/mol. The quantitative estimate of drug-likeness (QED) is 0.516. The lowest BCUT2D eigenvalue weighted by Crippen LogP contribution is -2.26. The van der Waals surface area contributed by atoms with Crippen LogP contribution in [0.15, 0.2) is 42.9 Å². The lowest BCUT2D eigenvalue weighted by molar-refractivity contribution is 0.0577. The first-order valence-electron chi connectivity index (χ1n) is 8.97. The van der Waals surface area contributed by atoms with E-state index in [1.54, 1.807) is 43.2 Å². The second-order valence-corrected chi connectivity index (χ2v) is 7.38. The van der Waals surface area contributed by atoms with E-state index in [-0.39, 0.29) is 17.3 Å². The third kappa shape index (κ3) is 3.74. The van der Waals surface area contributed by atoms with Crippen LogP contribution in [0.1, 0.15) is 13.8 Å². The Bertz CT molecular complexity index is 1210. The standard InChI is InChI=1S/C19H18F2N8O/c1-19(2,30)10-28-9-12(8-24-28)11-6-13(17(22)23-7-11)18-25-26-27-29(18)15-5-3-4-14(20)16(15)21/h3-9,30H,10H2,1-2H3,(H2,22,23). The molecule has 3 aromatic heterocycles. The van der Waals surface area contributed by atoms with Crippen molar-refractivity contribution in [1.29, 1.82) is 0 Å². The molecule has 11 heteroatoms. The Morgan fingerprint density at radius 2 is 1.97 bits per heavy atom. The van der Waals surface area contributed by atoms with Gasteiger partial charge in [-0.2, -0.15) is 9.78 Å². The Hall–Kier alpha value is -3.73. The molecule has 4 aromatic rings. The number of nitrogens with zero attached hydrogens (tertiary/aromatic N) is 7. The maximum absolute atomic E-state index is 14.3. The first kappa shape index (κ1) is 19.6. The summed E-state index contributed by atoms with van der Waals surface area (Å²) in [6, 6.07) is 5.40. The predicted molar refractivity (Wildman–Crippen MR) is 104 cm³/mol. The fourth-order valence-corrected chi connectivity index (χ4v) is 2.98. The minimum Gasteiger partial charge on any atom is -0.389 e. The molecule has 0 bridgehead atoms. The summed E-state index contributed by atoms with van der Waals surface area (Å²) < 4.78 is 30.6. The zero-order valence-corrected chi connectivity index (χ0v) is 16.2. The summed E-state index contributed by atoms with van der Waals surface area (Å²) in [5, 5.41) is 25.5. The number of nitrogen functional groups attached to an aromatic ring is 1. The molecule has 0 saturated heterocycles. The van der Waals surface area contributed by atoms with Gasteiger partial charge in [-0.1, -0.05) is 6.07 Å². The molecule has 0 aliphatic rings. The molecule has 0 radical (unpaired) electrons. The fraction of sp³-hybridized carbons (Fsp3) is 0.211. The highest BCUT2D eigenvalue weighted by atomic mass is 19.2. The minimum atomic E-state index is -1.08. The highest BCUT2D eigenvalue weighted by Crippen LogP contribution is 2.30. The number of aliphatic hydroxyl groups is 1. The summed E-state index contributed by atoms with van der Waals surface area (Å²) in [6.45, 7) is 3.67. The molecule has 0 aliphatic heterocycles. The molecule has 0 atom stereocenters. The van der Waals surface area contributed by atoms with Gasteiger partial charge in [0.1, 0.15) is 11.5 Å². The highest BCUT2D eigenvalue weighted by Gasteiger charge is 2.20. The molecule has 0 amide bonds. The number of tetrazole rings is 1. The zero-order chi connectivity index (χ0) is 21.5. The fourth-order valence-electron chi connectivity index (χ4n) is 2.98. The lowest BCUT2D eigenvalue weighted by atomic mass is 10.1. The molecule has 0 unspecified atom stereocenters. The van der Waals surface area contributed by atoms with E-state index in [2.05, 4.69) is 25.6 Å². The normalized spacial score (nSPS) is 11.8. The van der Waals surface area contributed by atoms with Crippen LogP contribution in [0, 0.1) is 11.6 Å². The second kappa shape index (κ2) is 7.26. The van der Waals surface area contributed by atoms with E-state index < -0.39 is 17.2 Å². The van der Waals surface area contributed by atoms with Gasteiger partial charge in [0.15, 0.2) is 17.5 Å². The van der Waals surface area contributed by atoms with Gasteiger partial charge in [-0.15, -0.1) is 5.10 Å². The van der Waals surface area contributed by atoms with Crippen molar-refractivity contribution in [3.8, 4) is 28.2 Å². The van der Waals surface area contributed by atoms with Crippen molar-refractivity contribution >= 4 is 5.82 Å². The molecule has 9 nitrogen and oxygen atoms in total. The lowest BCUT2D eigenvalue weighted by Gasteiger charge is -2.16. The molecule has 3 heterocycles. The van der Waals surface area contributed by atoms with Crippen LogP contribution >= 0.6 is 0 Å². The van der Waals surface area contributed by atoms with E-state index in [0.29, 0.717) is 17.7 Å². The van der Waals surface area contributed by atoms with Crippen molar-refractivity contribution in [3.05, 3.63) is 54.5 Å². The van der Waals surface area contributed by atoms with Crippen LogP contribution < -0.4 is 5.73 Å². The van der Waals surface area contributed by atoms with Gasteiger partial charge in [0.05, 0.1) is 23.9 Å². The molecule has 3 N–H and O–H groups in total. The van der Waals surface area contributed by atoms with Gasteiger partial charge in [-0.3, -0.25) is 4.68 Å². The van der Waals surface area contributed by atoms with Gasteiger partial charge in [0.25, 0.3) is 0 Å². The van der Waals surface area contributed by atoms with Gasteiger partial charge < -0.3 is 10.8 Å². The Balaban J connectivity index is 1.76. The van der Waals surface area contributed by atoms with Crippen molar-refractivity contribution < 1.29 is 13.9 Å². The zero-order valence-electron chi connectivity index (χ0n) is 16.2. The summed E-state index contributed by atoms with van der Waals surface area (Å²) in [6.07, 6.45) is 4.93. The van der Waals surface area contributed by atoms with E-state index in [1.807, 2.05) is 0 Å². The van der Waals surface area contributed by atoms with Crippen molar-refractivity contribution in [3.63, 3.8) is 0 Å². The predicted octanol–water partition coefficient (Wildman–Crippen LogP) is 2.22. The summed E-state index contributed by atoms with van der Waals surface area (Å²) in [5.41, 5.74) is 6.67. The van der Waals surface area contributed by atoms with E-state index in [1.165, 1.54) is 12.1 Å². The third-order valence-corrected chi connectivity index (χ3v) is 4.30. The Labute approximate surface area is 169 Å². The molecule has 0 saturated carbocycles. The first-order valence-corrected chi connectivity index (χ1v) is 8.97. The topological polar surface area (TPSA) is 121 Å². The number of rotatable bonds is 5. The highest BCUT2D eigenvalue weighted by molar-refractivity contribution is 5.76. The van der Waals surface area contributed by atoms with Crippen LogP contribution in [0.3, 0.4) is 0 Å². The third-order valence-electron chi connectivity index (χ3n) is 4.30. The number of hydrogen-bond acceptors (Lipinski definition) is 7. The van der Waals surface area contributed by atoms with Crippen LogP contribution in [0.5, 0.6) is 0 Å². The smallest absolute Gasteiger partial charge is 0.190 e. The Morgan fingerprint density at radius 1 is 1.17 bits per heavy atom. The minimum absolute atomic E-state index is 0.107. The summed E-state index contributed by atoms with van der Waals surface area (Å²) >= 11 is 0. The number of halogens is 2. The monoisotopic (exact) mass is 412 g/mol. The van der Waals surface area contributed by atoms with Crippen LogP contribution in [0.25, 0.3) is 28.2 Å². The molecule has 0 spiro atoms. The van der Waals surface area contributed by atoms with Gasteiger partial charge in [0, 0.05) is 23.5 Å².